The third-order valence-corrected chi connectivity index (χ3v) is 5.51. The topological polar surface area (TPSA) is 82.1 Å². The lowest BCUT2D eigenvalue weighted by Gasteiger charge is -2.33. The Labute approximate surface area is 176 Å². The van der Waals surface area contributed by atoms with Gasteiger partial charge in [-0.2, -0.15) is 0 Å². The highest BCUT2D eigenvalue weighted by Crippen LogP contribution is 2.27. The Bertz CT molecular complexity index is 873. The number of hydrogen-bond donors (Lipinski definition) is 2. The summed E-state index contributed by atoms with van der Waals surface area (Å²) in [5, 5.41) is 13.1. The standard InChI is InChI=1S/C23H27N3O4/c27-19(15-26-22(28)12-24-23(26)29)14-25(13-17-6-2-1-3-7-17)16-20-11-10-18-8-4-5-9-21(18)30-20/h1-9,19-20,27H,10-16H2,(H,24,29). The number of aliphatic hydroxyl groups is 1. The number of rotatable bonds is 8. The molecule has 2 aromatic rings. The SMILES string of the molecule is O=C1CNC(=O)N1CC(O)CN(Cc1ccccc1)CC1CCc2ccccc2O1. The molecular weight excluding hydrogens is 382 g/mol. The molecule has 7 nitrogen and oxygen atoms in total. The fourth-order valence-corrected chi connectivity index (χ4v) is 4.05. The molecule has 1 saturated heterocycles. The van der Waals surface area contributed by atoms with Crippen LogP contribution in [0, 0.1) is 0 Å². The number of para-hydroxylation sites is 1. The third-order valence-electron chi connectivity index (χ3n) is 5.51. The minimum atomic E-state index is -0.836. The molecule has 0 bridgehead atoms. The van der Waals surface area contributed by atoms with Crippen LogP contribution in [-0.4, -0.2) is 65.2 Å². The van der Waals surface area contributed by atoms with Crippen LogP contribution in [0.4, 0.5) is 4.79 Å². The summed E-state index contributed by atoms with van der Waals surface area (Å²) in [6, 6.07) is 17.7. The molecule has 2 N–H and O–H groups in total. The van der Waals surface area contributed by atoms with Crippen molar-refractivity contribution in [2.24, 2.45) is 0 Å². The molecule has 0 aromatic heterocycles. The second-order valence-electron chi connectivity index (χ2n) is 7.88. The minimum Gasteiger partial charge on any atom is -0.489 e. The van der Waals surface area contributed by atoms with Crippen LogP contribution in [0.5, 0.6) is 5.75 Å². The number of imide groups is 1. The van der Waals surface area contributed by atoms with Crippen molar-refractivity contribution in [1.29, 1.82) is 0 Å². The van der Waals surface area contributed by atoms with Gasteiger partial charge in [0.15, 0.2) is 0 Å². The first-order valence-corrected chi connectivity index (χ1v) is 10.4. The predicted molar refractivity (Wildman–Crippen MR) is 112 cm³/mol. The number of aliphatic hydroxyl groups excluding tert-OH is 1. The lowest BCUT2D eigenvalue weighted by molar-refractivity contribution is -0.126. The van der Waals surface area contributed by atoms with Gasteiger partial charge in [-0.05, 0) is 30.0 Å². The molecule has 30 heavy (non-hydrogen) atoms. The lowest BCUT2D eigenvalue weighted by atomic mass is 10.0. The van der Waals surface area contributed by atoms with E-state index in [-0.39, 0.29) is 25.1 Å². The zero-order valence-electron chi connectivity index (χ0n) is 16.9. The van der Waals surface area contributed by atoms with Crippen molar-refractivity contribution in [1.82, 2.24) is 15.1 Å². The van der Waals surface area contributed by atoms with Crippen molar-refractivity contribution in [3.63, 3.8) is 0 Å². The molecule has 2 aliphatic heterocycles. The minimum absolute atomic E-state index is 0.00535. The van der Waals surface area contributed by atoms with Gasteiger partial charge in [0.2, 0.25) is 5.91 Å². The van der Waals surface area contributed by atoms with E-state index in [0.717, 1.165) is 29.1 Å². The van der Waals surface area contributed by atoms with E-state index in [1.165, 1.54) is 5.56 Å². The Kier molecular flexibility index (Phi) is 6.30. The van der Waals surface area contributed by atoms with Gasteiger partial charge in [0.05, 0.1) is 19.2 Å². The van der Waals surface area contributed by atoms with Crippen LogP contribution >= 0.6 is 0 Å². The van der Waals surface area contributed by atoms with Crippen molar-refractivity contribution < 1.29 is 19.4 Å². The maximum Gasteiger partial charge on any atom is 0.324 e. The Morgan fingerprint density at radius 3 is 2.67 bits per heavy atom. The highest BCUT2D eigenvalue weighted by Gasteiger charge is 2.31. The molecule has 2 heterocycles. The number of urea groups is 1. The van der Waals surface area contributed by atoms with E-state index in [1.807, 2.05) is 48.5 Å². The van der Waals surface area contributed by atoms with E-state index in [4.69, 9.17) is 4.74 Å². The van der Waals surface area contributed by atoms with Crippen molar-refractivity contribution in [2.45, 2.75) is 31.6 Å². The number of nitrogens with zero attached hydrogens (tertiary/aromatic N) is 2. The second-order valence-corrected chi connectivity index (χ2v) is 7.88. The predicted octanol–water partition coefficient (Wildman–Crippen LogP) is 1.80. The molecule has 2 aliphatic rings. The lowest BCUT2D eigenvalue weighted by Crippen LogP contribution is -2.45. The first kappa shape index (κ1) is 20.4. The molecule has 158 valence electrons. The van der Waals surface area contributed by atoms with Crippen LogP contribution in [0.3, 0.4) is 0 Å². The number of aryl methyl sites for hydroxylation is 1. The van der Waals surface area contributed by atoms with E-state index < -0.39 is 12.1 Å². The molecule has 0 aliphatic carbocycles. The Morgan fingerprint density at radius 1 is 1.13 bits per heavy atom. The highest BCUT2D eigenvalue weighted by molar-refractivity contribution is 6.01. The largest absolute Gasteiger partial charge is 0.489 e. The van der Waals surface area contributed by atoms with E-state index >= 15 is 0 Å². The molecule has 0 radical (unpaired) electrons. The Hall–Kier alpha value is -2.90. The summed E-state index contributed by atoms with van der Waals surface area (Å²) < 4.78 is 6.20. The number of fused-ring (bicyclic) bond motifs is 1. The van der Waals surface area contributed by atoms with Gasteiger partial charge in [-0.15, -0.1) is 0 Å². The Morgan fingerprint density at radius 2 is 1.90 bits per heavy atom. The summed E-state index contributed by atoms with van der Waals surface area (Å²) in [5.41, 5.74) is 2.36. The van der Waals surface area contributed by atoms with Crippen LogP contribution in [-0.2, 0) is 17.8 Å². The number of β-amino-alcohol motifs (C(OH)–C–C–N with tert-alkyl or cyclic N) is 1. The zero-order valence-corrected chi connectivity index (χ0v) is 16.9. The van der Waals surface area contributed by atoms with Crippen LogP contribution in [0.2, 0.25) is 0 Å². The van der Waals surface area contributed by atoms with Gasteiger partial charge in [0.25, 0.3) is 0 Å². The average Bonchev–Trinajstić information content (AvgIpc) is 3.06. The monoisotopic (exact) mass is 409 g/mol. The smallest absolute Gasteiger partial charge is 0.324 e. The highest BCUT2D eigenvalue weighted by atomic mass is 16.5. The summed E-state index contributed by atoms with van der Waals surface area (Å²) >= 11 is 0. The number of amides is 3. The van der Waals surface area contributed by atoms with Crippen LogP contribution in [0.25, 0.3) is 0 Å². The van der Waals surface area contributed by atoms with E-state index in [1.54, 1.807) is 0 Å². The van der Waals surface area contributed by atoms with Crippen molar-refractivity contribution in [3.8, 4) is 5.75 Å². The van der Waals surface area contributed by atoms with Gasteiger partial charge < -0.3 is 15.2 Å². The second kappa shape index (κ2) is 9.28. The molecule has 0 spiro atoms. The molecule has 0 saturated carbocycles. The van der Waals surface area contributed by atoms with Crippen LogP contribution in [0.1, 0.15) is 17.5 Å². The summed E-state index contributed by atoms with van der Waals surface area (Å²) in [6.45, 7) is 1.63. The summed E-state index contributed by atoms with van der Waals surface area (Å²) in [7, 11) is 0. The quantitative estimate of drug-likeness (QED) is 0.650. The molecule has 1 fully saturated rings. The normalized spacial score (nSPS) is 19.4. The van der Waals surface area contributed by atoms with Gasteiger partial charge in [-0.25, -0.2) is 4.79 Å². The Balaban J connectivity index is 1.41. The van der Waals surface area contributed by atoms with Crippen molar-refractivity contribution in [3.05, 3.63) is 65.7 Å². The molecule has 2 aromatic carbocycles. The fourth-order valence-electron chi connectivity index (χ4n) is 4.05. The fraction of sp³-hybridized carbons (Fsp3) is 0.391. The van der Waals surface area contributed by atoms with Gasteiger partial charge in [-0.1, -0.05) is 48.5 Å². The van der Waals surface area contributed by atoms with Crippen molar-refractivity contribution in [2.75, 3.05) is 26.2 Å². The number of ether oxygens (including phenoxy) is 1. The molecule has 4 rings (SSSR count). The number of benzene rings is 2. The van der Waals surface area contributed by atoms with Gasteiger partial charge in [0, 0.05) is 19.6 Å². The maximum absolute atomic E-state index is 11.8. The van der Waals surface area contributed by atoms with Gasteiger partial charge >= 0.3 is 6.03 Å². The molecule has 3 amide bonds. The number of nitrogens with one attached hydrogen (secondary N) is 1. The van der Waals surface area contributed by atoms with E-state index in [0.29, 0.717) is 19.6 Å². The first-order valence-electron chi connectivity index (χ1n) is 10.4. The molecule has 7 heteroatoms. The number of hydrogen-bond acceptors (Lipinski definition) is 5. The summed E-state index contributed by atoms with van der Waals surface area (Å²) in [6.07, 6.45) is 1.06. The van der Waals surface area contributed by atoms with Crippen LogP contribution < -0.4 is 10.1 Å². The maximum atomic E-state index is 11.8. The van der Waals surface area contributed by atoms with Crippen LogP contribution in [0.15, 0.2) is 54.6 Å². The number of carbonyl (C=O) groups is 2. The third kappa shape index (κ3) is 4.98. The summed E-state index contributed by atoms with van der Waals surface area (Å²) in [5.74, 6) is 0.620. The van der Waals surface area contributed by atoms with Gasteiger partial charge in [-0.3, -0.25) is 14.6 Å². The summed E-state index contributed by atoms with van der Waals surface area (Å²) in [4.78, 5) is 26.8. The van der Waals surface area contributed by atoms with E-state index in [9.17, 15) is 14.7 Å². The molecular formula is C23H27N3O4. The first-order chi connectivity index (χ1) is 14.6. The van der Waals surface area contributed by atoms with E-state index in [2.05, 4.69) is 16.3 Å². The van der Waals surface area contributed by atoms with Gasteiger partial charge in [0.1, 0.15) is 11.9 Å². The van der Waals surface area contributed by atoms with Crippen molar-refractivity contribution >= 4 is 11.9 Å². The molecule has 2 atom stereocenters. The zero-order chi connectivity index (χ0) is 20.9. The number of carbonyl (C=O) groups excluding carboxylic acids is 2. The average molecular weight is 409 g/mol. The molecule has 2 unspecified atom stereocenters.